The van der Waals surface area contributed by atoms with E-state index in [9.17, 15) is 24.0 Å². The van der Waals surface area contributed by atoms with Crippen molar-refractivity contribution in [1.29, 1.82) is 0 Å². The van der Waals surface area contributed by atoms with Crippen molar-refractivity contribution in [3.05, 3.63) is 29.8 Å². The topological polar surface area (TPSA) is 148 Å². The van der Waals surface area contributed by atoms with E-state index in [-0.39, 0.29) is 54.8 Å². The first-order valence-corrected chi connectivity index (χ1v) is 15.3. The van der Waals surface area contributed by atoms with Crippen molar-refractivity contribution < 1.29 is 28.7 Å². The summed E-state index contributed by atoms with van der Waals surface area (Å²) in [7, 11) is 3.56. The number of likely N-dealkylation sites (N-methyl/N-ethyl adjacent to an activating group) is 1. The molecule has 0 fully saturated rings. The summed E-state index contributed by atoms with van der Waals surface area (Å²) in [6.07, 6.45) is 6.50. The fourth-order valence-corrected chi connectivity index (χ4v) is 4.54. The van der Waals surface area contributed by atoms with Gasteiger partial charge in [-0.3, -0.25) is 28.9 Å². The van der Waals surface area contributed by atoms with Gasteiger partial charge in [0.1, 0.15) is 5.75 Å². The summed E-state index contributed by atoms with van der Waals surface area (Å²) in [5, 5.41) is 5.87. The lowest BCUT2D eigenvalue weighted by molar-refractivity contribution is -0.135. The maximum absolute atomic E-state index is 13.6. The van der Waals surface area contributed by atoms with E-state index in [1.165, 1.54) is 0 Å². The molecular formula is C32H52N4O6. The number of benzene rings is 1. The third-order valence-corrected chi connectivity index (χ3v) is 7.26. The third-order valence-electron chi connectivity index (χ3n) is 7.26. The maximum atomic E-state index is 13.6. The molecule has 3 amide bonds. The van der Waals surface area contributed by atoms with Gasteiger partial charge in [-0.1, -0.05) is 58.6 Å². The summed E-state index contributed by atoms with van der Waals surface area (Å²) in [5.74, 6) is -1.41. The zero-order valence-electron chi connectivity index (χ0n) is 26.2. The van der Waals surface area contributed by atoms with Crippen molar-refractivity contribution in [3.8, 4) is 5.75 Å². The lowest BCUT2D eigenvalue weighted by Crippen LogP contribution is -2.45. The second kappa shape index (κ2) is 20.6. The number of nitrogens with zero attached hydrogens (tertiary/aromatic N) is 1. The first-order chi connectivity index (χ1) is 20.0. The van der Waals surface area contributed by atoms with Crippen LogP contribution in [0.25, 0.3) is 0 Å². The summed E-state index contributed by atoms with van der Waals surface area (Å²) in [5.41, 5.74) is 5.98. The number of nitrogens with one attached hydrogen (secondary N) is 2. The van der Waals surface area contributed by atoms with E-state index in [2.05, 4.69) is 17.6 Å². The van der Waals surface area contributed by atoms with Gasteiger partial charge in [-0.2, -0.15) is 0 Å². The number of esters is 1. The standard InChI is InChI=1S/C32H52N4O6/c1-6-8-10-14-30(39)35-27(20-24-15-17-25(18-16-24)42-31(40)22-36(4)5)28(37)21-26(23(3)7-2)32(41)34-19-12-9-11-13-29(33)38/h15-18,23,26-27H,6-14,19-22H2,1-5H3,(H2,33,38)(H,34,41)(H,35,39)/t23-,26-,27-/m0/s1. The lowest BCUT2D eigenvalue weighted by Gasteiger charge is -2.25. The summed E-state index contributed by atoms with van der Waals surface area (Å²) in [4.78, 5) is 64.1. The van der Waals surface area contributed by atoms with Gasteiger partial charge in [-0.25, -0.2) is 0 Å². The van der Waals surface area contributed by atoms with Gasteiger partial charge >= 0.3 is 5.97 Å². The highest BCUT2D eigenvalue weighted by atomic mass is 16.5. The predicted molar refractivity (Wildman–Crippen MR) is 164 cm³/mol. The van der Waals surface area contributed by atoms with Crippen LogP contribution in [0.1, 0.15) is 90.5 Å². The summed E-state index contributed by atoms with van der Waals surface area (Å²) >= 11 is 0. The number of nitrogens with two attached hydrogens (primary N) is 1. The molecule has 4 N–H and O–H groups in total. The number of carbonyl (C=O) groups is 5. The Kier molecular flexibility index (Phi) is 18.0. The van der Waals surface area contributed by atoms with E-state index >= 15 is 0 Å². The number of unbranched alkanes of at least 4 members (excludes halogenated alkanes) is 4. The maximum Gasteiger partial charge on any atom is 0.325 e. The number of Topliss-reactive ketones (excluding diaryl/α,β-unsaturated/α-hetero) is 1. The molecule has 236 valence electrons. The van der Waals surface area contributed by atoms with E-state index in [4.69, 9.17) is 10.5 Å². The number of hydrogen-bond acceptors (Lipinski definition) is 7. The SMILES string of the molecule is CCCCCC(=O)N[C@@H](Cc1ccc(OC(=O)CN(C)C)cc1)C(=O)C[C@H](C(=O)NCCCCCC(N)=O)[C@@H](C)CC. The first kappa shape index (κ1) is 36.8. The van der Waals surface area contributed by atoms with E-state index in [1.54, 1.807) is 43.3 Å². The van der Waals surface area contributed by atoms with Crippen molar-refractivity contribution in [1.82, 2.24) is 15.5 Å². The second-order valence-corrected chi connectivity index (χ2v) is 11.4. The van der Waals surface area contributed by atoms with E-state index < -0.39 is 12.0 Å². The largest absolute Gasteiger partial charge is 0.426 e. The van der Waals surface area contributed by atoms with Gasteiger partial charge in [0.25, 0.3) is 0 Å². The molecule has 0 aliphatic heterocycles. The van der Waals surface area contributed by atoms with Crippen molar-refractivity contribution in [3.63, 3.8) is 0 Å². The highest BCUT2D eigenvalue weighted by Crippen LogP contribution is 2.22. The molecule has 0 spiro atoms. The Bertz CT molecular complexity index is 995. The number of rotatable bonds is 22. The zero-order chi connectivity index (χ0) is 31.5. The number of ketones is 1. The van der Waals surface area contributed by atoms with Gasteiger partial charge in [-0.15, -0.1) is 0 Å². The molecule has 0 radical (unpaired) electrons. The van der Waals surface area contributed by atoms with Crippen LogP contribution in [0.2, 0.25) is 0 Å². The van der Waals surface area contributed by atoms with Gasteiger partial charge in [0.15, 0.2) is 5.78 Å². The number of amides is 3. The molecule has 0 aliphatic carbocycles. The van der Waals surface area contributed by atoms with E-state index in [0.29, 0.717) is 31.6 Å². The molecule has 0 saturated heterocycles. The fourth-order valence-electron chi connectivity index (χ4n) is 4.54. The van der Waals surface area contributed by atoms with Gasteiger partial charge in [-0.05, 0) is 63.4 Å². The minimum absolute atomic E-state index is 0.0165. The third kappa shape index (κ3) is 15.7. The van der Waals surface area contributed by atoms with Crippen LogP contribution < -0.4 is 21.1 Å². The quantitative estimate of drug-likeness (QED) is 0.107. The van der Waals surface area contributed by atoms with Crippen LogP contribution in [0.15, 0.2) is 24.3 Å². The molecule has 0 aromatic heterocycles. The van der Waals surface area contributed by atoms with Gasteiger partial charge in [0.05, 0.1) is 12.6 Å². The molecule has 0 aliphatic rings. The van der Waals surface area contributed by atoms with Crippen molar-refractivity contribution in [2.75, 3.05) is 27.2 Å². The van der Waals surface area contributed by atoms with Crippen LogP contribution in [0.5, 0.6) is 5.75 Å². The smallest absolute Gasteiger partial charge is 0.325 e. The second-order valence-electron chi connectivity index (χ2n) is 11.4. The Balaban J connectivity index is 2.95. The van der Waals surface area contributed by atoms with Crippen LogP contribution in [-0.2, 0) is 30.4 Å². The highest BCUT2D eigenvalue weighted by Gasteiger charge is 2.30. The first-order valence-electron chi connectivity index (χ1n) is 15.3. The van der Waals surface area contributed by atoms with Crippen molar-refractivity contribution in [2.24, 2.45) is 17.6 Å². The molecule has 10 heteroatoms. The van der Waals surface area contributed by atoms with E-state index in [1.807, 2.05) is 13.8 Å². The number of hydrogen-bond donors (Lipinski definition) is 3. The van der Waals surface area contributed by atoms with Gasteiger partial charge in [0, 0.05) is 31.7 Å². The zero-order valence-corrected chi connectivity index (χ0v) is 26.2. The van der Waals surface area contributed by atoms with Crippen LogP contribution in [0, 0.1) is 11.8 Å². The Morgan fingerprint density at radius 3 is 2.19 bits per heavy atom. The molecular weight excluding hydrogens is 536 g/mol. The summed E-state index contributed by atoms with van der Waals surface area (Å²) in [6, 6.07) is 6.12. The highest BCUT2D eigenvalue weighted by molar-refractivity contribution is 5.92. The molecule has 10 nitrogen and oxygen atoms in total. The minimum Gasteiger partial charge on any atom is -0.426 e. The van der Waals surface area contributed by atoms with E-state index in [0.717, 1.165) is 44.1 Å². The number of primary amides is 1. The average Bonchev–Trinajstić information content (AvgIpc) is 2.93. The number of carbonyl (C=O) groups excluding carboxylic acids is 5. The lowest BCUT2D eigenvalue weighted by atomic mass is 9.84. The van der Waals surface area contributed by atoms with Gasteiger partial charge < -0.3 is 21.1 Å². The van der Waals surface area contributed by atoms with Crippen molar-refractivity contribution >= 4 is 29.5 Å². The molecule has 0 saturated carbocycles. The van der Waals surface area contributed by atoms with Crippen LogP contribution in [0.3, 0.4) is 0 Å². The van der Waals surface area contributed by atoms with Gasteiger partial charge in [0.2, 0.25) is 17.7 Å². The normalized spacial score (nSPS) is 13.2. The van der Waals surface area contributed by atoms with Crippen LogP contribution in [-0.4, -0.2) is 67.6 Å². The Labute approximate surface area is 251 Å². The predicted octanol–water partition coefficient (Wildman–Crippen LogP) is 3.54. The monoisotopic (exact) mass is 588 g/mol. The van der Waals surface area contributed by atoms with Crippen LogP contribution >= 0.6 is 0 Å². The Hall–Kier alpha value is -3.27. The molecule has 3 atom stereocenters. The fraction of sp³-hybridized carbons (Fsp3) is 0.656. The number of ether oxygens (including phenoxy) is 1. The van der Waals surface area contributed by atoms with Crippen molar-refractivity contribution in [2.45, 2.75) is 97.4 Å². The van der Waals surface area contributed by atoms with Crippen LogP contribution in [0.4, 0.5) is 0 Å². The minimum atomic E-state index is -0.783. The molecule has 42 heavy (non-hydrogen) atoms. The molecule has 1 aromatic rings. The summed E-state index contributed by atoms with van der Waals surface area (Å²) in [6.45, 7) is 6.62. The molecule has 0 bridgehead atoms. The molecule has 1 rings (SSSR count). The molecule has 1 aromatic carbocycles. The summed E-state index contributed by atoms with van der Waals surface area (Å²) < 4.78 is 5.35. The molecule has 0 heterocycles. The Morgan fingerprint density at radius 1 is 0.929 bits per heavy atom. The molecule has 0 unspecified atom stereocenters. The average molecular weight is 589 g/mol. The Morgan fingerprint density at radius 2 is 1.60 bits per heavy atom.